The standard InChI is InChI=1S/C11H23N5O/c1-4-7-12-10(3)11-13-14-15-16(11)8-6-9-17-5-2/h10,12H,4-9H2,1-3H3. The Balaban J connectivity index is 2.41. The van der Waals surface area contributed by atoms with Crippen molar-refractivity contribution in [2.24, 2.45) is 0 Å². The van der Waals surface area contributed by atoms with Crippen molar-refractivity contribution in [1.82, 2.24) is 25.5 Å². The molecule has 1 aromatic rings. The van der Waals surface area contributed by atoms with Crippen LogP contribution >= 0.6 is 0 Å². The highest BCUT2D eigenvalue weighted by Crippen LogP contribution is 2.07. The normalized spacial score (nSPS) is 12.9. The molecule has 6 nitrogen and oxygen atoms in total. The Morgan fingerprint density at radius 3 is 2.94 bits per heavy atom. The molecule has 0 fully saturated rings. The van der Waals surface area contributed by atoms with Crippen LogP contribution in [0.4, 0.5) is 0 Å². The molecule has 0 bridgehead atoms. The first-order chi connectivity index (χ1) is 8.29. The molecular weight excluding hydrogens is 218 g/mol. The largest absolute Gasteiger partial charge is 0.382 e. The van der Waals surface area contributed by atoms with Crippen LogP contribution in [0.3, 0.4) is 0 Å². The molecule has 6 heteroatoms. The van der Waals surface area contributed by atoms with Crippen molar-refractivity contribution in [3.63, 3.8) is 0 Å². The van der Waals surface area contributed by atoms with Gasteiger partial charge in [-0.25, -0.2) is 4.68 Å². The highest BCUT2D eigenvalue weighted by molar-refractivity contribution is 4.89. The van der Waals surface area contributed by atoms with Crippen molar-refractivity contribution in [3.05, 3.63) is 5.82 Å². The second kappa shape index (κ2) is 8.14. The Morgan fingerprint density at radius 2 is 2.24 bits per heavy atom. The number of hydrogen-bond donors (Lipinski definition) is 1. The number of nitrogens with zero attached hydrogens (tertiary/aromatic N) is 4. The molecule has 1 heterocycles. The quantitative estimate of drug-likeness (QED) is 0.657. The van der Waals surface area contributed by atoms with Gasteiger partial charge in [0.15, 0.2) is 5.82 Å². The number of nitrogens with one attached hydrogen (secondary N) is 1. The van der Waals surface area contributed by atoms with Gasteiger partial charge in [0.1, 0.15) is 0 Å². The Morgan fingerprint density at radius 1 is 1.41 bits per heavy atom. The van der Waals surface area contributed by atoms with Crippen molar-refractivity contribution in [2.45, 2.75) is 46.2 Å². The van der Waals surface area contributed by atoms with Crippen molar-refractivity contribution in [3.8, 4) is 0 Å². The molecule has 1 N–H and O–H groups in total. The van der Waals surface area contributed by atoms with Gasteiger partial charge in [-0.05, 0) is 43.7 Å². The third kappa shape index (κ3) is 4.79. The molecule has 0 radical (unpaired) electrons. The fraction of sp³-hybridized carbons (Fsp3) is 0.909. The zero-order valence-electron chi connectivity index (χ0n) is 11.0. The zero-order chi connectivity index (χ0) is 12.5. The third-order valence-corrected chi connectivity index (χ3v) is 2.51. The summed E-state index contributed by atoms with van der Waals surface area (Å²) < 4.78 is 7.15. The zero-order valence-corrected chi connectivity index (χ0v) is 11.0. The van der Waals surface area contributed by atoms with Crippen LogP contribution in [-0.4, -0.2) is 40.0 Å². The minimum atomic E-state index is 0.192. The number of rotatable bonds is 9. The van der Waals surface area contributed by atoms with Gasteiger partial charge in [0.05, 0.1) is 6.04 Å². The molecule has 17 heavy (non-hydrogen) atoms. The molecule has 1 rings (SSSR count). The molecule has 0 aliphatic heterocycles. The van der Waals surface area contributed by atoms with Crippen LogP contribution in [0.1, 0.15) is 45.5 Å². The fourth-order valence-corrected chi connectivity index (χ4v) is 1.59. The van der Waals surface area contributed by atoms with E-state index in [1.807, 2.05) is 11.6 Å². The van der Waals surface area contributed by atoms with Gasteiger partial charge in [-0.15, -0.1) is 5.10 Å². The molecule has 1 unspecified atom stereocenters. The lowest BCUT2D eigenvalue weighted by molar-refractivity contribution is 0.140. The van der Waals surface area contributed by atoms with Gasteiger partial charge in [0, 0.05) is 19.8 Å². The number of ether oxygens (including phenoxy) is 1. The number of aryl methyl sites for hydroxylation is 1. The summed E-state index contributed by atoms with van der Waals surface area (Å²) in [6, 6.07) is 0.192. The first-order valence-corrected chi connectivity index (χ1v) is 6.36. The van der Waals surface area contributed by atoms with Gasteiger partial charge in [0.2, 0.25) is 0 Å². The summed E-state index contributed by atoms with van der Waals surface area (Å²) >= 11 is 0. The maximum absolute atomic E-state index is 5.30. The van der Waals surface area contributed by atoms with Crippen molar-refractivity contribution >= 4 is 0 Å². The van der Waals surface area contributed by atoms with E-state index in [2.05, 4.69) is 34.7 Å². The maximum Gasteiger partial charge on any atom is 0.167 e. The van der Waals surface area contributed by atoms with E-state index in [0.29, 0.717) is 0 Å². The lowest BCUT2D eigenvalue weighted by atomic mass is 10.3. The molecule has 0 spiro atoms. The van der Waals surface area contributed by atoms with Crippen LogP contribution in [0.15, 0.2) is 0 Å². The van der Waals surface area contributed by atoms with Crippen molar-refractivity contribution in [1.29, 1.82) is 0 Å². The molecule has 0 aromatic carbocycles. The molecule has 98 valence electrons. The van der Waals surface area contributed by atoms with Crippen LogP contribution < -0.4 is 5.32 Å². The van der Waals surface area contributed by atoms with Crippen LogP contribution in [0.2, 0.25) is 0 Å². The molecule has 0 saturated carbocycles. The molecule has 0 amide bonds. The monoisotopic (exact) mass is 241 g/mol. The van der Waals surface area contributed by atoms with Gasteiger partial charge in [-0.1, -0.05) is 6.92 Å². The predicted molar refractivity (Wildman–Crippen MR) is 65.6 cm³/mol. The minimum absolute atomic E-state index is 0.192. The van der Waals surface area contributed by atoms with E-state index in [-0.39, 0.29) is 6.04 Å². The van der Waals surface area contributed by atoms with Crippen LogP contribution in [0.5, 0.6) is 0 Å². The van der Waals surface area contributed by atoms with Crippen molar-refractivity contribution < 1.29 is 4.74 Å². The summed E-state index contributed by atoms with van der Waals surface area (Å²) in [7, 11) is 0. The van der Waals surface area contributed by atoms with Crippen molar-refractivity contribution in [2.75, 3.05) is 19.8 Å². The highest BCUT2D eigenvalue weighted by Gasteiger charge is 2.12. The molecule has 0 aliphatic rings. The van der Waals surface area contributed by atoms with Gasteiger partial charge in [-0.3, -0.25) is 0 Å². The Kier molecular flexibility index (Phi) is 6.73. The molecular formula is C11H23N5O. The van der Waals surface area contributed by atoms with E-state index >= 15 is 0 Å². The SMILES string of the molecule is CCCNC(C)c1nnnn1CCCOCC. The summed E-state index contributed by atoms with van der Waals surface area (Å²) in [5.74, 6) is 0.898. The summed E-state index contributed by atoms with van der Waals surface area (Å²) in [6.07, 6.45) is 2.04. The topological polar surface area (TPSA) is 64.9 Å². The number of aromatic nitrogens is 4. The van der Waals surface area contributed by atoms with Crippen LogP contribution in [0, 0.1) is 0 Å². The van der Waals surface area contributed by atoms with E-state index in [1.54, 1.807) is 0 Å². The smallest absolute Gasteiger partial charge is 0.167 e. The van der Waals surface area contributed by atoms with E-state index in [4.69, 9.17) is 4.74 Å². The highest BCUT2D eigenvalue weighted by atomic mass is 16.5. The Bertz CT molecular complexity index is 302. The lowest BCUT2D eigenvalue weighted by Gasteiger charge is -2.12. The average molecular weight is 241 g/mol. The van der Waals surface area contributed by atoms with Crippen LogP contribution in [-0.2, 0) is 11.3 Å². The third-order valence-electron chi connectivity index (χ3n) is 2.51. The summed E-state index contributed by atoms with van der Waals surface area (Å²) in [6.45, 7) is 9.53. The van der Waals surface area contributed by atoms with Gasteiger partial charge in [0.25, 0.3) is 0 Å². The van der Waals surface area contributed by atoms with Crippen LogP contribution in [0.25, 0.3) is 0 Å². The Labute approximate surface area is 103 Å². The molecule has 1 aromatic heterocycles. The second-order valence-corrected chi connectivity index (χ2v) is 3.99. The van der Waals surface area contributed by atoms with Gasteiger partial charge in [-0.2, -0.15) is 0 Å². The number of hydrogen-bond acceptors (Lipinski definition) is 5. The van der Waals surface area contributed by atoms with E-state index in [9.17, 15) is 0 Å². The molecule has 1 atom stereocenters. The summed E-state index contributed by atoms with van der Waals surface area (Å²) in [5, 5.41) is 15.2. The second-order valence-electron chi connectivity index (χ2n) is 3.99. The van der Waals surface area contributed by atoms with E-state index in [1.165, 1.54) is 0 Å². The average Bonchev–Trinajstić information content (AvgIpc) is 2.80. The maximum atomic E-state index is 5.30. The molecule has 0 aliphatic carbocycles. The van der Waals surface area contributed by atoms with Gasteiger partial charge < -0.3 is 10.1 Å². The van der Waals surface area contributed by atoms with E-state index < -0.39 is 0 Å². The first-order valence-electron chi connectivity index (χ1n) is 6.36. The lowest BCUT2D eigenvalue weighted by Crippen LogP contribution is -2.23. The fourth-order valence-electron chi connectivity index (χ4n) is 1.59. The minimum Gasteiger partial charge on any atom is -0.382 e. The Hall–Kier alpha value is -1.01. The van der Waals surface area contributed by atoms with Gasteiger partial charge >= 0.3 is 0 Å². The summed E-state index contributed by atoms with van der Waals surface area (Å²) in [4.78, 5) is 0. The molecule has 0 saturated heterocycles. The predicted octanol–water partition coefficient (Wildman–Crippen LogP) is 1.16. The first kappa shape index (κ1) is 14.1. The van der Waals surface area contributed by atoms with E-state index in [0.717, 1.165) is 45.0 Å². The summed E-state index contributed by atoms with van der Waals surface area (Å²) in [5.41, 5.74) is 0. The number of tetrazole rings is 1.